The van der Waals surface area contributed by atoms with Crippen LogP contribution in [0.25, 0.3) is 0 Å². The van der Waals surface area contributed by atoms with Gasteiger partial charge in [-0.05, 0) is 36.4 Å². The second-order valence-corrected chi connectivity index (χ2v) is 7.25. The summed E-state index contributed by atoms with van der Waals surface area (Å²) in [6.07, 6.45) is -8.19. The predicted octanol–water partition coefficient (Wildman–Crippen LogP) is 4.84. The van der Waals surface area contributed by atoms with Gasteiger partial charge in [-0.1, -0.05) is 11.6 Å². The van der Waals surface area contributed by atoms with E-state index in [1.54, 1.807) is 12.1 Å². The first kappa shape index (κ1) is 22.8. The fraction of sp³-hybridized carbons (Fsp3) is 0.300. The van der Waals surface area contributed by atoms with Crippen LogP contribution in [0.4, 0.5) is 27.6 Å². The molecule has 0 radical (unpaired) electrons. The summed E-state index contributed by atoms with van der Waals surface area (Å²) in [6, 6.07) is 5.43. The van der Waals surface area contributed by atoms with Crippen LogP contribution in [0.5, 0.6) is 5.75 Å². The molecule has 0 aromatic heterocycles. The highest BCUT2D eigenvalue weighted by molar-refractivity contribution is 6.32. The number of hydrogen-bond donors (Lipinski definition) is 1. The van der Waals surface area contributed by atoms with Gasteiger partial charge in [0.2, 0.25) is 5.91 Å². The fourth-order valence-electron chi connectivity index (χ4n) is 3.22. The molecule has 0 spiro atoms. The molecule has 166 valence electrons. The number of rotatable bonds is 5. The van der Waals surface area contributed by atoms with Crippen LogP contribution in [-0.2, 0) is 11.0 Å². The van der Waals surface area contributed by atoms with Gasteiger partial charge in [-0.2, -0.15) is 13.2 Å². The summed E-state index contributed by atoms with van der Waals surface area (Å²) in [5.74, 6) is -0.925. The third-order valence-corrected chi connectivity index (χ3v) is 5.00. The highest BCUT2D eigenvalue weighted by atomic mass is 35.5. The number of anilines is 1. The van der Waals surface area contributed by atoms with E-state index in [2.05, 4.69) is 5.32 Å². The van der Waals surface area contributed by atoms with Crippen molar-refractivity contribution in [3.63, 3.8) is 0 Å². The minimum absolute atomic E-state index is 0.0356. The number of nitrogens with zero attached hydrogens (tertiary/aromatic N) is 1. The van der Waals surface area contributed by atoms with Gasteiger partial charge in [-0.3, -0.25) is 9.59 Å². The molecule has 0 bridgehead atoms. The number of ether oxygens (including phenoxy) is 1. The van der Waals surface area contributed by atoms with Crippen molar-refractivity contribution in [1.82, 2.24) is 5.32 Å². The third-order valence-electron chi connectivity index (χ3n) is 4.70. The zero-order valence-electron chi connectivity index (χ0n) is 16.0. The minimum Gasteiger partial charge on any atom is -0.495 e. The maximum Gasteiger partial charge on any atom is 0.416 e. The number of halogens is 6. The topological polar surface area (TPSA) is 58.6 Å². The molecule has 3 rings (SSSR count). The largest absolute Gasteiger partial charge is 0.495 e. The van der Waals surface area contributed by atoms with Crippen molar-refractivity contribution in [1.29, 1.82) is 0 Å². The van der Waals surface area contributed by atoms with Gasteiger partial charge in [-0.25, -0.2) is 8.78 Å². The van der Waals surface area contributed by atoms with E-state index < -0.39 is 41.2 Å². The molecule has 1 fully saturated rings. The lowest BCUT2D eigenvalue weighted by Gasteiger charge is -2.18. The first-order valence-corrected chi connectivity index (χ1v) is 9.32. The number of alkyl halides is 5. The molecule has 1 atom stereocenters. The van der Waals surface area contributed by atoms with E-state index in [0.29, 0.717) is 29.6 Å². The van der Waals surface area contributed by atoms with Gasteiger partial charge < -0.3 is 15.0 Å². The Kier molecular flexibility index (Phi) is 6.40. The van der Waals surface area contributed by atoms with E-state index in [4.69, 9.17) is 16.3 Å². The van der Waals surface area contributed by atoms with Crippen LogP contribution in [0, 0.1) is 0 Å². The van der Waals surface area contributed by atoms with Crippen molar-refractivity contribution >= 4 is 29.1 Å². The van der Waals surface area contributed by atoms with Crippen molar-refractivity contribution in [2.24, 2.45) is 0 Å². The number of nitrogens with one attached hydrogen (secondary N) is 1. The molecule has 1 aliphatic heterocycles. The summed E-state index contributed by atoms with van der Waals surface area (Å²) in [6.45, 7) is 0.0356. The van der Waals surface area contributed by atoms with Gasteiger partial charge in [0.05, 0.1) is 23.7 Å². The van der Waals surface area contributed by atoms with E-state index in [1.807, 2.05) is 0 Å². The van der Waals surface area contributed by atoms with Crippen LogP contribution in [-0.4, -0.2) is 31.5 Å². The molecule has 2 aromatic carbocycles. The van der Waals surface area contributed by atoms with Crippen LogP contribution < -0.4 is 15.0 Å². The Morgan fingerprint density at radius 2 is 1.94 bits per heavy atom. The number of amides is 2. The van der Waals surface area contributed by atoms with Crippen molar-refractivity contribution in [2.75, 3.05) is 18.6 Å². The summed E-state index contributed by atoms with van der Waals surface area (Å²) >= 11 is 6.06. The summed E-state index contributed by atoms with van der Waals surface area (Å²) in [5, 5.41) is 2.70. The fourth-order valence-corrected chi connectivity index (χ4v) is 3.47. The number of methoxy groups -OCH3 is 1. The molecule has 1 aliphatic rings. The van der Waals surface area contributed by atoms with Gasteiger partial charge in [0, 0.05) is 29.8 Å². The van der Waals surface area contributed by atoms with Crippen molar-refractivity contribution in [3.8, 4) is 5.75 Å². The Bertz CT molecular complexity index is 1010. The smallest absolute Gasteiger partial charge is 0.416 e. The molecular weight excluding hydrogens is 447 g/mol. The predicted molar refractivity (Wildman–Crippen MR) is 103 cm³/mol. The van der Waals surface area contributed by atoms with Gasteiger partial charge >= 0.3 is 6.18 Å². The maximum atomic E-state index is 13.0. The van der Waals surface area contributed by atoms with Crippen LogP contribution in [0.3, 0.4) is 0 Å². The standard InChI is InChI=1S/C20H16ClF5N2O3/c1-31-16-3-2-14(8-15(16)21)28-9-13(7-17(28)29)27-19(30)11-4-10(18(22)23)5-12(6-11)20(24,25)26/h2-6,8,13,18H,7,9H2,1H3,(H,27,30). The highest BCUT2D eigenvalue weighted by Crippen LogP contribution is 2.34. The molecule has 5 nitrogen and oxygen atoms in total. The summed E-state index contributed by atoms with van der Waals surface area (Å²) < 4.78 is 70.1. The monoisotopic (exact) mass is 462 g/mol. The Morgan fingerprint density at radius 1 is 1.23 bits per heavy atom. The van der Waals surface area contributed by atoms with Gasteiger partial charge in [-0.15, -0.1) is 0 Å². The number of carbonyl (C=O) groups is 2. The van der Waals surface area contributed by atoms with Crippen molar-refractivity contribution < 1.29 is 36.3 Å². The first-order chi connectivity index (χ1) is 14.5. The quantitative estimate of drug-likeness (QED) is 0.647. The van der Waals surface area contributed by atoms with E-state index in [-0.39, 0.29) is 23.9 Å². The minimum atomic E-state index is -4.90. The maximum absolute atomic E-state index is 13.0. The molecule has 2 amide bonds. The second kappa shape index (κ2) is 8.70. The lowest BCUT2D eigenvalue weighted by molar-refractivity contribution is -0.137. The second-order valence-electron chi connectivity index (χ2n) is 6.84. The summed E-state index contributed by atoms with van der Waals surface area (Å²) in [5.41, 5.74) is -2.39. The van der Waals surface area contributed by atoms with Gasteiger partial charge in [0.15, 0.2) is 0 Å². The summed E-state index contributed by atoms with van der Waals surface area (Å²) in [7, 11) is 1.43. The Morgan fingerprint density at radius 3 is 2.52 bits per heavy atom. The van der Waals surface area contributed by atoms with E-state index >= 15 is 0 Å². The molecule has 11 heteroatoms. The third kappa shape index (κ3) is 5.07. The normalized spacial score (nSPS) is 16.7. The lowest BCUT2D eigenvalue weighted by Crippen LogP contribution is -2.37. The number of benzene rings is 2. The van der Waals surface area contributed by atoms with E-state index in [0.717, 1.165) is 0 Å². The molecular formula is C20H16ClF5N2O3. The van der Waals surface area contributed by atoms with Crippen molar-refractivity contribution in [2.45, 2.75) is 25.1 Å². The zero-order chi connectivity index (χ0) is 22.9. The molecule has 1 N–H and O–H groups in total. The SMILES string of the molecule is COc1ccc(N2CC(NC(=O)c3cc(C(F)F)cc(C(F)(F)F)c3)CC2=O)cc1Cl. The molecule has 1 saturated heterocycles. The molecule has 1 unspecified atom stereocenters. The molecule has 0 aliphatic carbocycles. The number of carbonyl (C=O) groups excluding carboxylic acids is 2. The van der Waals surface area contributed by atoms with Crippen LogP contribution in [0.2, 0.25) is 5.02 Å². The Balaban J connectivity index is 1.78. The highest BCUT2D eigenvalue weighted by Gasteiger charge is 2.35. The number of hydrogen-bond acceptors (Lipinski definition) is 3. The summed E-state index contributed by atoms with van der Waals surface area (Å²) in [4.78, 5) is 26.2. The van der Waals surface area contributed by atoms with Gasteiger partial charge in [0.25, 0.3) is 12.3 Å². The van der Waals surface area contributed by atoms with Crippen molar-refractivity contribution in [3.05, 3.63) is 58.1 Å². The first-order valence-electron chi connectivity index (χ1n) is 8.94. The van der Waals surface area contributed by atoms with Crippen LogP contribution in [0.15, 0.2) is 36.4 Å². The van der Waals surface area contributed by atoms with Crippen LogP contribution in [0.1, 0.15) is 34.3 Å². The lowest BCUT2D eigenvalue weighted by atomic mass is 10.0. The van der Waals surface area contributed by atoms with E-state index in [1.165, 1.54) is 18.1 Å². The van der Waals surface area contributed by atoms with Crippen LogP contribution >= 0.6 is 11.6 Å². The average Bonchev–Trinajstić information content (AvgIpc) is 3.06. The molecule has 1 heterocycles. The van der Waals surface area contributed by atoms with E-state index in [9.17, 15) is 31.5 Å². The molecule has 31 heavy (non-hydrogen) atoms. The molecule has 0 saturated carbocycles. The molecule has 2 aromatic rings. The van der Waals surface area contributed by atoms with Gasteiger partial charge in [0.1, 0.15) is 5.75 Å². The zero-order valence-corrected chi connectivity index (χ0v) is 16.7. The Hall–Kier alpha value is -2.88. The average molecular weight is 463 g/mol. The Labute approximate surface area is 178 Å².